The van der Waals surface area contributed by atoms with Gasteiger partial charge < -0.3 is 4.42 Å². The minimum atomic E-state index is -0.286. The van der Waals surface area contributed by atoms with Gasteiger partial charge in [-0.3, -0.25) is 0 Å². The first kappa shape index (κ1) is 29.8. The summed E-state index contributed by atoms with van der Waals surface area (Å²) in [6, 6.07) is 42.5. The summed E-state index contributed by atoms with van der Waals surface area (Å²) >= 11 is 0. The highest BCUT2D eigenvalue weighted by atomic mass is 16.3. The van der Waals surface area contributed by atoms with Crippen molar-refractivity contribution in [3.63, 3.8) is 0 Å². The summed E-state index contributed by atoms with van der Waals surface area (Å²) in [5, 5.41) is 1.16. The highest BCUT2D eigenvalue weighted by Crippen LogP contribution is 2.52. The molecule has 5 aromatic carbocycles. The topological polar surface area (TPSA) is 51.8 Å². The molecular formula is C47H35N3O. The van der Waals surface area contributed by atoms with E-state index in [0.29, 0.717) is 17.5 Å². The van der Waals surface area contributed by atoms with E-state index in [2.05, 4.69) is 148 Å². The van der Waals surface area contributed by atoms with E-state index in [9.17, 15) is 0 Å². The quantitative estimate of drug-likeness (QED) is 0.189. The van der Waals surface area contributed by atoms with Gasteiger partial charge in [-0.25, -0.2) is 15.0 Å². The third-order valence-corrected chi connectivity index (χ3v) is 11.3. The maximum absolute atomic E-state index is 6.52. The lowest BCUT2D eigenvalue weighted by Gasteiger charge is -2.38. The first-order chi connectivity index (χ1) is 24.9. The summed E-state index contributed by atoms with van der Waals surface area (Å²) in [5.41, 5.74) is 12.3. The fourth-order valence-electron chi connectivity index (χ4n) is 8.51. The molecule has 0 fully saturated rings. The average Bonchev–Trinajstić information content (AvgIpc) is 3.68. The van der Waals surface area contributed by atoms with Crippen LogP contribution in [0.3, 0.4) is 0 Å². The molecule has 4 heteroatoms. The van der Waals surface area contributed by atoms with Crippen molar-refractivity contribution in [3.8, 4) is 45.3 Å². The van der Waals surface area contributed by atoms with Crippen molar-refractivity contribution < 1.29 is 4.42 Å². The molecule has 0 N–H and O–H groups in total. The van der Waals surface area contributed by atoms with Crippen LogP contribution in [0.25, 0.3) is 67.9 Å². The van der Waals surface area contributed by atoms with Crippen molar-refractivity contribution in [2.45, 2.75) is 31.6 Å². The van der Waals surface area contributed by atoms with Crippen molar-refractivity contribution in [2.24, 2.45) is 5.92 Å². The monoisotopic (exact) mass is 657 g/mol. The Morgan fingerprint density at radius 2 is 1.22 bits per heavy atom. The molecule has 4 nitrogen and oxygen atoms in total. The van der Waals surface area contributed by atoms with Crippen LogP contribution in [0.4, 0.5) is 0 Å². The summed E-state index contributed by atoms with van der Waals surface area (Å²) in [7, 11) is 0. The number of rotatable bonds is 4. The number of fused-ring (bicyclic) bond motifs is 8. The lowest BCUT2D eigenvalue weighted by atomic mass is 9.64. The van der Waals surface area contributed by atoms with Crippen molar-refractivity contribution in [2.75, 3.05) is 0 Å². The predicted molar refractivity (Wildman–Crippen MR) is 207 cm³/mol. The zero-order valence-corrected chi connectivity index (χ0v) is 28.8. The SMILES string of the molecule is CC1(C)c2ccccc2-c2ccc(-c3nc(-c4ccccc4)nc(-c4ccc(C5=CC=CC6(C)c7oc8ccccc8c7C=CC56)cc4)n3)cc21. The second-order valence-electron chi connectivity index (χ2n) is 14.6. The molecule has 2 unspecified atom stereocenters. The highest BCUT2D eigenvalue weighted by molar-refractivity contribution is 5.92. The Morgan fingerprint density at radius 1 is 0.588 bits per heavy atom. The van der Waals surface area contributed by atoms with E-state index in [-0.39, 0.29) is 16.7 Å². The van der Waals surface area contributed by atoms with Gasteiger partial charge >= 0.3 is 0 Å². The van der Waals surface area contributed by atoms with Gasteiger partial charge in [0.05, 0.1) is 5.41 Å². The molecule has 0 spiro atoms. The normalized spacial score (nSPS) is 19.3. The number of benzene rings is 5. The molecule has 0 radical (unpaired) electrons. The molecular weight excluding hydrogens is 623 g/mol. The van der Waals surface area contributed by atoms with E-state index in [0.717, 1.165) is 33.4 Å². The molecule has 0 bridgehead atoms. The Labute approximate surface area is 297 Å². The number of nitrogens with zero attached hydrogens (tertiary/aromatic N) is 3. The van der Waals surface area contributed by atoms with E-state index in [1.54, 1.807) is 0 Å². The second kappa shape index (κ2) is 10.9. The van der Waals surface area contributed by atoms with Gasteiger partial charge in [-0.2, -0.15) is 0 Å². The summed E-state index contributed by atoms with van der Waals surface area (Å²) in [5.74, 6) is 3.15. The first-order valence-electron chi connectivity index (χ1n) is 17.7. The average molecular weight is 658 g/mol. The number of allylic oxidation sites excluding steroid dienone is 5. The molecule has 0 saturated carbocycles. The van der Waals surface area contributed by atoms with Gasteiger partial charge in [-0.1, -0.05) is 153 Å². The molecule has 3 aliphatic rings. The van der Waals surface area contributed by atoms with Gasteiger partial charge in [0.1, 0.15) is 11.3 Å². The largest absolute Gasteiger partial charge is 0.459 e. The predicted octanol–water partition coefficient (Wildman–Crippen LogP) is 11.5. The Bertz CT molecular complexity index is 2620. The van der Waals surface area contributed by atoms with Crippen LogP contribution in [0, 0.1) is 5.92 Å². The molecule has 0 saturated heterocycles. The summed E-state index contributed by atoms with van der Waals surface area (Å²) < 4.78 is 6.52. The number of para-hydroxylation sites is 1. The molecule has 10 rings (SSSR count). The number of furan rings is 1. The molecule has 2 atom stereocenters. The fraction of sp³-hybridized carbons (Fsp3) is 0.128. The Hall–Kier alpha value is -6.13. The maximum atomic E-state index is 6.52. The van der Waals surface area contributed by atoms with Crippen LogP contribution >= 0.6 is 0 Å². The van der Waals surface area contributed by atoms with Crippen molar-refractivity contribution in [1.82, 2.24) is 15.0 Å². The summed E-state index contributed by atoms with van der Waals surface area (Å²) in [6.07, 6.45) is 11.3. The van der Waals surface area contributed by atoms with Crippen LogP contribution in [0.2, 0.25) is 0 Å². The first-order valence-corrected chi connectivity index (χ1v) is 17.7. The minimum absolute atomic E-state index is 0.117. The molecule has 244 valence electrons. The van der Waals surface area contributed by atoms with Gasteiger partial charge in [0.15, 0.2) is 17.5 Å². The lowest BCUT2D eigenvalue weighted by molar-refractivity contribution is 0.393. The van der Waals surface area contributed by atoms with Crippen molar-refractivity contribution in [3.05, 3.63) is 174 Å². The second-order valence-corrected chi connectivity index (χ2v) is 14.6. The van der Waals surface area contributed by atoms with E-state index in [4.69, 9.17) is 19.4 Å². The molecule has 2 heterocycles. The Kier molecular flexibility index (Phi) is 6.38. The van der Waals surface area contributed by atoms with E-state index in [1.807, 2.05) is 24.3 Å². The molecule has 7 aromatic rings. The molecule has 0 aliphatic heterocycles. The van der Waals surface area contributed by atoms with Crippen LogP contribution in [-0.4, -0.2) is 15.0 Å². The maximum Gasteiger partial charge on any atom is 0.164 e. The lowest BCUT2D eigenvalue weighted by Crippen LogP contribution is -2.33. The number of aromatic nitrogens is 3. The minimum Gasteiger partial charge on any atom is -0.459 e. The fourth-order valence-corrected chi connectivity index (χ4v) is 8.51. The van der Waals surface area contributed by atoms with E-state index < -0.39 is 0 Å². The third kappa shape index (κ3) is 4.49. The molecule has 0 amide bonds. The molecule has 3 aliphatic carbocycles. The summed E-state index contributed by atoms with van der Waals surface area (Å²) in [4.78, 5) is 15.2. The van der Waals surface area contributed by atoms with E-state index >= 15 is 0 Å². The van der Waals surface area contributed by atoms with Crippen LogP contribution in [0.5, 0.6) is 0 Å². The van der Waals surface area contributed by atoms with E-state index in [1.165, 1.54) is 39.0 Å². The number of hydrogen-bond donors (Lipinski definition) is 0. The van der Waals surface area contributed by atoms with Crippen LogP contribution in [-0.2, 0) is 10.8 Å². The van der Waals surface area contributed by atoms with Crippen LogP contribution in [0.1, 0.15) is 48.8 Å². The van der Waals surface area contributed by atoms with Crippen molar-refractivity contribution >= 4 is 22.6 Å². The van der Waals surface area contributed by atoms with Gasteiger partial charge in [0.2, 0.25) is 0 Å². The van der Waals surface area contributed by atoms with Gasteiger partial charge in [-0.05, 0) is 52.4 Å². The van der Waals surface area contributed by atoms with Crippen LogP contribution < -0.4 is 0 Å². The highest BCUT2D eigenvalue weighted by Gasteiger charge is 2.43. The number of hydrogen-bond acceptors (Lipinski definition) is 4. The molecule has 51 heavy (non-hydrogen) atoms. The standard InChI is InChI=1S/C47H35N3O/c1-46(2)38-17-9-7-14-34(38)35-24-23-32(28-40(35)46)45-49-43(30-12-5-4-6-13-30)48-44(50-45)31-21-19-29(20-22-31)33-16-11-27-47(3)39(33)26-25-37-36-15-8-10-18-41(36)51-42(37)47/h4-28,39H,1-3H3. The van der Waals surface area contributed by atoms with Gasteiger partial charge in [0, 0.05) is 39.0 Å². The summed E-state index contributed by atoms with van der Waals surface area (Å²) in [6.45, 7) is 6.89. The third-order valence-electron chi connectivity index (χ3n) is 11.3. The van der Waals surface area contributed by atoms with Crippen LogP contribution in [0.15, 0.2) is 150 Å². The van der Waals surface area contributed by atoms with Crippen molar-refractivity contribution in [1.29, 1.82) is 0 Å². The zero-order chi connectivity index (χ0) is 34.3. The Morgan fingerprint density at radius 3 is 2.02 bits per heavy atom. The zero-order valence-electron chi connectivity index (χ0n) is 28.8. The molecule has 2 aromatic heterocycles. The van der Waals surface area contributed by atoms with Gasteiger partial charge in [-0.15, -0.1) is 0 Å². The van der Waals surface area contributed by atoms with Gasteiger partial charge in [0.25, 0.3) is 0 Å². The Balaban J connectivity index is 1.03. The smallest absolute Gasteiger partial charge is 0.164 e.